The van der Waals surface area contributed by atoms with Gasteiger partial charge in [-0.15, -0.1) is 0 Å². The van der Waals surface area contributed by atoms with Crippen LogP contribution in [0.3, 0.4) is 0 Å². The lowest BCUT2D eigenvalue weighted by molar-refractivity contribution is 0.461. The van der Waals surface area contributed by atoms with Crippen LogP contribution < -0.4 is 14.7 Å². The molecule has 1 aliphatic heterocycles. The Balaban J connectivity index is 0.956. The van der Waals surface area contributed by atoms with Crippen molar-refractivity contribution in [2.75, 3.05) is 14.7 Å². The first kappa shape index (κ1) is 42.3. The molecule has 0 amide bonds. The summed E-state index contributed by atoms with van der Waals surface area (Å²) in [7, 11) is 0. The van der Waals surface area contributed by atoms with Gasteiger partial charge in [-0.05, 0) is 90.0 Å². The minimum Gasteiger partial charge on any atom is -0.454 e. The van der Waals surface area contributed by atoms with E-state index in [0.29, 0.717) is 22.2 Å². The van der Waals surface area contributed by atoms with Gasteiger partial charge in [-0.2, -0.15) is 0 Å². The number of benzene rings is 11. The third kappa shape index (κ3) is 6.41. The zero-order chi connectivity index (χ0) is 48.9. The predicted octanol–water partition coefficient (Wildman–Crippen LogP) is 19.3. The molecule has 0 saturated heterocycles. The van der Waals surface area contributed by atoms with E-state index in [0.717, 1.165) is 77.7 Å². The minimum absolute atomic E-state index is 0.0499. The van der Waals surface area contributed by atoms with E-state index in [1.54, 1.807) is 60.7 Å². The number of rotatable bonds is 8. The molecule has 1 aliphatic rings. The highest BCUT2D eigenvalue weighted by molar-refractivity contribution is 6.19. The summed E-state index contributed by atoms with van der Waals surface area (Å²) >= 11 is 0. The van der Waals surface area contributed by atoms with Crippen LogP contribution in [0.5, 0.6) is 0 Å². The van der Waals surface area contributed by atoms with E-state index in [1.165, 1.54) is 11.0 Å². The molecule has 3 heterocycles. The fraction of sp³-hybridized carbons (Fsp3) is 0. The Bertz CT molecular complexity index is 4320. The highest BCUT2D eigenvalue weighted by Gasteiger charge is 2.35. The first-order valence-electron chi connectivity index (χ1n) is 23.9. The summed E-state index contributed by atoms with van der Waals surface area (Å²) in [5, 5.41) is 5.33. The summed E-state index contributed by atoms with van der Waals surface area (Å²) in [6.07, 6.45) is 0. The number of para-hydroxylation sites is 7. The van der Waals surface area contributed by atoms with Crippen molar-refractivity contribution >= 4 is 106 Å². The quantitative estimate of drug-likeness (QED) is 0.112. The van der Waals surface area contributed by atoms with E-state index in [9.17, 15) is 0 Å². The van der Waals surface area contributed by atoms with Crippen molar-refractivity contribution in [3.05, 3.63) is 248 Å². The van der Waals surface area contributed by atoms with Crippen molar-refractivity contribution in [3.63, 3.8) is 0 Å². The second kappa shape index (κ2) is 16.5. The van der Waals surface area contributed by atoms with Gasteiger partial charge in [-0.3, -0.25) is 0 Å². The normalized spacial score (nSPS) is 12.1. The molecule has 0 radical (unpaired) electrons. The smallest absolute Gasteiger partial charge is 0.186 e. The summed E-state index contributed by atoms with van der Waals surface area (Å²) < 4.78 is 81.9. The molecule has 73 heavy (non-hydrogen) atoms. The zero-order valence-corrected chi connectivity index (χ0v) is 38.5. The zero-order valence-electron chi connectivity index (χ0n) is 38.5. The molecule has 13 aromatic rings. The number of halogens is 4. The van der Waals surface area contributed by atoms with Crippen LogP contribution in [0.4, 0.5) is 68.7 Å². The molecule has 2 aromatic heterocycles. The Morgan fingerprint density at radius 1 is 0.356 bits per heavy atom. The maximum Gasteiger partial charge on any atom is 0.186 e. The first-order valence-corrected chi connectivity index (χ1v) is 23.9. The molecule has 0 N–H and O–H groups in total. The molecular formula is C64H37F4N3O2. The standard InChI is InChI=1S/C64H37F4N3O2/c65-58-56(59(66)61(68)62(60(58)67)71(41-21-8-3-9-22-41)52-30-15-26-47-44-24-11-13-32-55(44)73-64(47)52)38-33-34-42-45-35-36-49(48-27-16-28-50(57(45)48)70(53(42)37-38)40-19-6-2-7-20-40)69(39-17-4-1-5-18-39)51-29-14-25-46-43-23-10-12-31-54(43)72-63(46)51/h1-37H. The number of anilines is 9. The Kier molecular flexibility index (Phi) is 9.56. The van der Waals surface area contributed by atoms with Gasteiger partial charge in [0.1, 0.15) is 16.9 Å². The minimum atomic E-state index is -1.56. The lowest BCUT2D eigenvalue weighted by atomic mass is 9.88. The van der Waals surface area contributed by atoms with E-state index < -0.39 is 34.5 Å². The first-order chi connectivity index (χ1) is 35.9. The second-order valence-electron chi connectivity index (χ2n) is 18.1. The SMILES string of the molecule is Fc1c(F)c(N(c2ccccc2)c2cccc3c2oc2ccccc23)c(F)c(F)c1-c1ccc2c(c1)N(c1ccccc1)c1cccc3c(N(c4ccccc4)c4cccc5c4oc4ccccc45)ccc-2c13. The topological polar surface area (TPSA) is 36.0 Å². The van der Waals surface area contributed by atoms with Gasteiger partial charge in [-0.25, -0.2) is 17.6 Å². The van der Waals surface area contributed by atoms with E-state index in [4.69, 9.17) is 8.83 Å². The molecule has 0 aliphatic carbocycles. The molecule has 0 fully saturated rings. The van der Waals surface area contributed by atoms with Crippen molar-refractivity contribution in [2.45, 2.75) is 0 Å². The van der Waals surface area contributed by atoms with Crippen LogP contribution in [0.2, 0.25) is 0 Å². The van der Waals surface area contributed by atoms with Gasteiger partial charge < -0.3 is 23.5 Å². The van der Waals surface area contributed by atoms with Crippen LogP contribution >= 0.6 is 0 Å². The fourth-order valence-corrected chi connectivity index (χ4v) is 10.9. The van der Waals surface area contributed by atoms with Crippen LogP contribution in [0.25, 0.3) is 76.9 Å². The van der Waals surface area contributed by atoms with E-state index in [2.05, 4.69) is 53.4 Å². The van der Waals surface area contributed by atoms with Crippen molar-refractivity contribution in [1.82, 2.24) is 0 Å². The highest BCUT2D eigenvalue weighted by Crippen LogP contribution is 2.56. The van der Waals surface area contributed by atoms with Gasteiger partial charge in [0.05, 0.1) is 34.0 Å². The van der Waals surface area contributed by atoms with Crippen molar-refractivity contribution in [2.24, 2.45) is 0 Å². The van der Waals surface area contributed by atoms with Crippen LogP contribution in [0.1, 0.15) is 0 Å². The monoisotopic (exact) mass is 955 g/mol. The maximum absolute atomic E-state index is 17.3. The van der Waals surface area contributed by atoms with E-state index >= 15 is 17.6 Å². The van der Waals surface area contributed by atoms with Crippen LogP contribution in [-0.2, 0) is 0 Å². The Hall–Kier alpha value is -9.60. The number of hydrogen-bond acceptors (Lipinski definition) is 5. The molecular weight excluding hydrogens is 919 g/mol. The van der Waals surface area contributed by atoms with Gasteiger partial charge in [0.2, 0.25) is 0 Å². The molecule has 14 rings (SSSR count). The van der Waals surface area contributed by atoms with E-state index in [-0.39, 0.29) is 16.9 Å². The number of fused-ring (bicyclic) bond motifs is 8. The second-order valence-corrected chi connectivity index (χ2v) is 18.1. The van der Waals surface area contributed by atoms with Gasteiger partial charge in [0.25, 0.3) is 0 Å². The molecule has 0 atom stereocenters. The average Bonchev–Trinajstić information content (AvgIpc) is 4.03. The molecule has 348 valence electrons. The third-order valence-electron chi connectivity index (χ3n) is 14.1. The summed E-state index contributed by atoms with van der Waals surface area (Å²) in [6.45, 7) is 0. The highest BCUT2D eigenvalue weighted by atomic mass is 19.2. The predicted molar refractivity (Wildman–Crippen MR) is 287 cm³/mol. The Labute approximate surface area is 415 Å². The summed E-state index contributed by atoms with van der Waals surface area (Å²) in [5.41, 5.74) is 7.46. The lowest BCUT2D eigenvalue weighted by Crippen LogP contribution is -2.17. The van der Waals surface area contributed by atoms with Crippen LogP contribution in [-0.4, -0.2) is 0 Å². The molecule has 5 nitrogen and oxygen atoms in total. The summed E-state index contributed by atoms with van der Waals surface area (Å²) in [6, 6.07) is 70.1. The van der Waals surface area contributed by atoms with Gasteiger partial charge in [0, 0.05) is 54.9 Å². The molecule has 0 bridgehead atoms. The fourth-order valence-electron chi connectivity index (χ4n) is 10.9. The molecule has 0 spiro atoms. The lowest BCUT2D eigenvalue weighted by Gasteiger charge is -2.35. The van der Waals surface area contributed by atoms with Crippen molar-refractivity contribution < 1.29 is 26.4 Å². The summed E-state index contributed by atoms with van der Waals surface area (Å²) in [4.78, 5) is 5.43. The number of hydrogen-bond donors (Lipinski definition) is 0. The molecule has 0 saturated carbocycles. The largest absolute Gasteiger partial charge is 0.454 e. The molecule has 9 heteroatoms. The van der Waals surface area contributed by atoms with Crippen LogP contribution in [0, 0.1) is 23.3 Å². The molecule has 11 aromatic carbocycles. The van der Waals surface area contributed by atoms with Crippen LogP contribution in [0.15, 0.2) is 233 Å². The third-order valence-corrected chi connectivity index (χ3v) is 14.1. The Morgan fingerprint density at radius 3 is 1.47 bits per heavy atom. The van der Waals surface area contributed by atoms with E-state index in [1.807, 2.05) is 114 Å². The van der Waals surface area contributed by atoms with Gasteiger partial charge >= 0.3 is 0 Å². The average molecular weight is 956 g/mol. The Morgan fingerprint density at radius 2 is 0.849 bits per heavy atom. The summed E-state index contributed by atoms with van der Waals surface area (Å²) in [5.74, 6) is -6.21. The number of furan rings is 2. The maximum atomic E-state index is 17.3. The van der Waals surface area contributed by atoms with Crippen molar-refractivity contribution in [1.29, 1.82) is 0 Å². The van der Waals surface area contributed by atoms with Crippen molar-refractivity contribution in [3.8, 4) is 22.3 Å². The number of nitrogens with zero attached hydrogens (tertiary/aromatic N) is 3. The van der Waals surface area contributed by atoms with Gasteiger partial charge in [0.15, 0.2) is 34.4 Å². The van der Waals surface area contributed by atoms with Gasteiger partial charge in [-0.1, -0.05) is 146 Å². The molecule has 0 unspecified atom stereocenters.